The minimum absolute atomic E-state index is 0.0105. The van der Waals surface area contributed by atoms with E-state index in [4.69, 9.17) is 4.74 Å². The second-order valence-corrected chi connectivity index (χ2v) is 18.4. The van der Waals surface area contributed by atoms with Gasteiger partial charge >= 0.3 is 11.9 Å². The van der Waals surface area contributed by atoms with Crippen LogP contribution in [0.2, 0.25) is 0 Å². The molecule has 0 spiro atoms. The van der Waals surface area contributed by atoms with E-state index in [0.29, 0.717) is 37.8 Å². The van der Waals surface area contributed by atoms with Gasteiger partial charge in [0.1, 0.15) is 54.6 Å². The number of carboxylic acid groups (broad SMARTS) is 1. The molecule has 2 fully saturated rings. The summed E-state index contributed by atoms with van der Waals surface area (Å²) in [7, 11) is 3.15. The van der Waals surface area contributed by atoms with E-state index in [2.05, 4.69) is 31.9 Å². The van der Waals surface area contributed by atoms with Crippen LogP contribution in [0, 0.1) is 11.8 Å². The monoisotopic (exact) mass is 943 g/mol. The number of fused-ring (bicyclic) bond motifs is 2. The largest absolute Gasteiger partial charge is 0.481 e. The lowest BCUT2D eigenvalue weighted by atomic mass is 9.94. The van der Waals surface area contributed by atoms with Crippen LogP contribution in [0.1, 0.15) is 118 Å². The van der Waals surface area contributed by atoms with Gasteiger partial charge in [0.25, 0.3) is 0 Å². The summed E-state index contributed by atoms with van der Waals surface area (Å²) < 4.78 is 5.85. The molecule has 0 aromatic heterocycles. The lowest BCUT2D eigenvalue weighted by Crippen LogP contribution is -2.65. The molecular weight excluding hydrogens is 869 g/mol. The fourth-order valence-electron chi connectivity index (χ4n) is 8.17. The zero-order chi connectivity index (χ0) is 50.0. The van der Waals surface area contributed by atoms with Gasteiger partial charge in [-0.05, 0) is 82.9 Å². The Hall–Kier alpha value is -5.63. The molecule has 8 N–H and O–H groups in total. The molecule has 2 saturated heterocycles. The summed E-state index contributed by atoms with van der Waals surface area (Å²) in [6.45, 7) is 10.7. The van der Waals surface area contributed by atoms with E-state index in [1.807, 2.05) is 20.8 Å². The molecule has 374 valence electrons. The van der Waals surface area contributed by atoms with E-state index in [1.54, 1.807) is 51.2 Å². The number of esters is 1. The molecule has 0 unspecified atom stereocenters. The number of unbranched alkanes of at least 4 members (excludes halogenated alkanes) is 3. The van der Waals surface area contributed by atoms with Crippen LogP contribution in [0.5, 0.6) is 0 Å². The van der Waals surface area contributed by atoms with Crippen LogP contribution in [0.15, 0.2) is 30.3 Å². The van der Waals surface area contributed by atoms with E-state index in [1.165, 1.54) is 18.9 Å². The number of hydrogen-bond donors (Lipinski definition) is 8. The molecule has 7 amide bonds. The number of carbonyl (C=O) groups excluding carboxylic acids is 8. The van der Waals surface area contributed by atoms with Gasteiger partial charge in [-0.3, -0.25) is 38.4 Å². The summed E-state index contributed by atoms with van der Waals surface area (Å²) >= 11 is 0. The first-order valence-electron chi connectivity index (χ1n) is 23.6. The van der Waals surface area contributed by atoms with Crippen LogP contribution in [-0.2, 0) is 54.3 Å². The molecule has 20 heteroatoms. The topological polar surface area (TPSA) is 282 Å². The Morgan fingerprint density at radius 1 is 0.866 bits per heavy atom. The van der Waals surface area contributed by atoms with E-state index < -0.39 is 120 Å². The predicted molar refractivity (Wildman–Crippen MR) is 246 cm³/mol. The van der Waals surface area contributed by atoms with Crippen LogP contribution in [-0.4, -0.2) is 149 Å². The van der Waals surface area contributed by atoms with Gasteiger partial charge in [0.2, 0.25) is 41.4 Å². The number of cyclic esters (lactones) is 1. The number of rotatable bonds is 19. The quantitative estimate of drug-likeness (QED) is 0.0708. The van der Waals surface area contributed by atoms with Gasteiger partial charge in [-0.2, -0.15) is 0 Å². The second kappa shape index (κ2) is 27.2. The summed E-state index contributed by atoms with van der Waals surface area (Å²) in [5, 5.41) is 37.1. The standard InChI is InChI=1S/C47H74N8O12/c1-9-10-12-20-36(56)49-33(26-38(58)59)42(61)53-40-29(6)67-47(66)39(28(4)5)52-43(62)34(25-30-17-13-11-14-18-30)54(8)46(65)35(24-27(2)3)55-37(57)22-21-32(45(55)64)51-41(60)31(50-44(40)63)19-15-16-23-48-7/h11,13-14,17-18,27-29,31-35,37,39-40,48,57H,9-10,12,15-16,19-26H2,1-8H3,(H,49,56)(H,50,63)(H,51,60)(H,52,62)(H,53,61)(H,58,59)/t29-,31+,32+,33+,34+,35+,37-,39+,40+/m1/s1. The van der Waals surface area contributed by atoms with Crippen molar-refractivity contribution in [1.29, 1.82) is 0 Å². The smallest absolute Gasteiger partial charge is 0.329 e. The Morgan fingerprint density at radius 3 is 2.16 bits per heavy atom. The normalized spacial score (nSPS) is 25.2. The highest BCUT2D eigenvalue weighted by atomic mass is 16.5. The molecule has 0 aliphatic carbocycles. The van der Waals surface area contributed by atoms with Crippen molar-refractivity contribution in [3.05, 3.63) is 35.9 Å². The molecule has 2 bridgehead atoms. The predicted octanol–water partition coefficient (Wildman–Crippen LogP) is 0.882. The molecule has 2 aliphatic rings. The summed E-state index contributed by atoms with van der Waals surface area (Å²) in [4.78, 5) is 128. The van der Waals surface area contributed by atoms with Crippen molar-refractivity contribution in [3.63, 3.8) is 0 Å². The zero-order valence-corrected chi connectivity index (χ0v) is 40.3. The van der Waals surface area contributed by atoms with Crippen molar-refractivity contribution in [2.24, 2.45) is 11.8 Å². The van der Waals surface area contributed by atoms with Gasteiger partial charge in [0.05, 0.1) is 6.42 Å². The minimum Gasteiger partial charge on any atom is -0.481 e. The third-order valence-electron chi connectivity index (χ3n) is 12.0. The minimum atomic E-state index is -1.80. The van der Waals surface area contributed by atoms with Crippen molar-refractivity contribution in [3.8, 4) is 0 Å². The third kappa shape index (κ3) is 16.9. The third-order valence-corrected chi connectivity index (χ3v) is 12.0. The number of aliphatic hydroxyl groups is 1. The number of nitrogens with one attached hydrogen (secondary N) is 6. The maximum atomic E-state index is 14.8. The van der Waals surface area contributed by atoms with Crippen molar-refractivity contribution in [2.75, 3.05) is 20.6 Å². The van der Waals surface area contributed by atoms with E-state index in [9.17, 15) is 53.4 Å². The molecule has 0 saturated carbocycles. The van der Waals surface area contributed by atoms with Gasteiger partial charge in [0, 0.05) is 19.9 Å². The Kier molecular flexibility index (Phi) is 22.7. The van der Waals surface area contributed by atoms with E-state index in [0.717, 1.165) is 11.3 Å². The Bertz CT molecular complexity index is 1870. The van der Waals surface area contributed by atoms with Crippen molar-refractivity contribution < 1.29 is 58.1 Å². The van der Waals surface area contributed by atoms with Gasteiger partial charge in [-0.15, -0.1) is 0 Å². The summed E-state index contributed by atoms with van der Waals surface area (Å²) in [5.74, 6) is -8.93. The maximum Gasteiger partial charge on any atom is 0.329 e. The van der Waals surface area contributed by atoms with Gasteiger partial charge in [0.15, 0.2) is 0 Å². The Morgan fingerprint density at radius 2 is 1.55 bits per heavy atom. The van der Waals surface area contributed by atoms with Crippen LogP contribution < -0.4 is 31.9 Å². The van der Waals surface area contributed by atoms with Crippen molar-refractivity contribution in [2.45, 2.75) is 173 Å². The van der Waals surface area contributed by atoms with Crippen LogP contribution in [0.4, 0.5) is 0 Å². The van der Waals surface area contributed by atoms with E-state index >= 15 is 0 Å². The number of ether oxygens (including phenoxy) is 1. The molecule has 0 radical (unpaired) electrons. The molecule has 1 aromatic rings. The number of hydrogen-bond acceptors (Lipinski definition) is 12. The lowest BCUT2D eigenvalue weighted by molar-refractivity contribution is -0.166. The first-order chi connectivity index (χ1) is 31.7. The lowest BCUT2D eigenvalue weighted by Gasteiger charge is -2.43. The number of carboxylic acids is 1. The maximum absolute atomic E-state index is 14.8. The fraction of sp³-hybridized carbons (Fsp3) is 0.681. The highest BCUT2D eigenvalue weighted by Gasteiger charge is 2.46. The van der Waals surface area contributed by atoms with Crippen LogP contribution in [0.3, 0.4) is 0 Å². The van der Waals surface area contributed by atoms with E-state index in [-0.39, 0.29) is 44.4 Å². The molecule has 1 aromatic carbocycles. The summed E-state index contributed by atoms with van der Waals surface area (Å²) in [6.07, 6.45) is -0.778. The molecule has 9 atom stereocenters. The molecular formula is C47H74N8O12. The Balaban J connectivity index is 2.21. The second-order valence-electron chi connectivity index (χ2n) is 18.4. The average Bonchev–Trinajstić information content (AvgIpc) is 3.26. The SMILES string of the molecule is CCCCCC(=O)N[C@@H](CC(=O)O)C(=O)N[C@@H]1C(=O)N[C@@H](CCCCNC)C(=O)N[C@H]2CC[C@@H](O)N(C2=O)[C@@H](CC(C)C)C(=O)N(C)[C@@H](Cc2ccccc2)C(=O)N[C@@H](C(C)C)C(=O)O[C@@H]1C. The number of aliphatic hydroxyl groups excluding tert-OH is 1. The number of likely N-dealkylation sites (N-methyl/N-ethyl adjacent to an activating group) is 1. The first kappa shape index (κ1) is 55.7. The molecule has 67 heavy (non-hydrogen) atoms. The average molecular weight is 943 g/mol. The molecule has 3 rings (SSSR count). The fourth-order valence-corrected chi connectivity index (χ4v) is 8.17. The molecule has 2 heterocycles. The van der Waals surface area contributed by atoms with Gasteiger partial charge in [-0.25, -0.2) is 4.79 Å². The summed E-state index contributed by atoms with van der Waals surface area (Å²) in [6, 6.07) is -1.13. The van der Waals surface area contributed by atoms with Gasteiger partial charge < -0.3 is 56.7 Å². The summed E-state index contributed by atoms with van der Waals surface area (Å²) in [5.41, 5.74) is 0.665. The zero-order valence-electron chi connectivity index (χ0n) is 40.3. The Labute approximate surface area is 393 Å². The van der Waals surface area contributed by atoms with Crippen molar-refractivity contribution >= 4 is 53.3 Å². The number of aliphatic carboxylic acids is 1. The number of piperidine rings is 1. The van der Waals surface area contributed by atoms with Gasteiger partial charge in [-0.1, -0.05) is 77.8 Å². The van der Waals surface area contributed by atoms with Crippen LogP contribution >= 0.6 is 0 Å². The molecule has 20 nitrogen and oxygen atoms in total. The first-order valence-corrected chi connectivity index (χ1v) is 23.6. The number of benzene rings is 1. The highest BCUT2D eigenvalue weighted by Crippen LogP contribution is 2.26. The molecule has 2 aliphatic heterocycles. The number of carbonyl (C=O) groups is 9. The number of nitrogens with zero attached hydrogens (tertiary/aromatic N) is 2. The number of amides is 7. The van der Waals surface area contributed by atoms with Crippen molar-refractivity contribution in [1.82, 2.24) is 41.7 Å². The van der Waals surface area contributed by atoms with Crippen LogP contribution in [0.25, 0.3) is 0 Å². The highest BCUT2D eigenvalue weighted by molar-refractivity contribution is 5.98.